The Bertz CT molecular complexity index is 965. The zero-order valence-corrected chi connectivity index (χ0v) is 17.0. The molecule has 1 saturated heterocycles. The van der Waals surface area contributed by atoms with Gasteiger partial charge in [-0.05, 0) is 25.3 Å². The van der Waals surface area contributed by atoms with Gasteiger partial charge in [0, 0.05) is 38.7 Å². The molecule has 0 spiro atoms. The van der Waals surface area contributed by atoms with E-state index in [0.717, 1.165) is 25.9 Å². The quantitative estimate of drug-likeness (QED) is 0.776. The molecule has 2 aromatic rings. The summed E-state index contributed by atoms with van der Waals surface area (Å²) in [5.41, 5.74) is 0.463. The molecule has 2 aliphatic rings. The number of carbonyl (C=O) groups is 1. The molecule has 0 bridgehead atoms. The first-order valence-electron chi connectivity index (χ1n) is 10.2. The summed E-state index contributed by atoms with van der Waals surface area (Å²) in [5, 5.41) is 0.488. The third-order valence-corrected chi connectivity index (χ3v) is 5.77. The first-order chi connectivity index (χ1) is 14.1. The van der Waals surface area contributed by atoms with Crippen LogP contribution >= 0.6 is 0 Å². The second kappa shape index (κ2) is 8.41. The van der Waals surface area contributed by atoms with Gasteiger partial charge in [-0.1, -0.05) is 0 Å². The van der Waals surface area contributed by atoms with Crippen LogP contribution in [0.3, 0.4) is 0 Å². The second-order valence-electron chi connectivity index (χ2n) is 7.53. The number of hydrogen-bond donors (Lipinski definition) is 0. The van der Waals surface area contributed by atoms with Crippen LogP contribution in [0.2, 0.25) is 0 Å². The van der Waals surface area contributed by atoms with Gasteiger partial charge < -0.3 is 19.1 Å². The number of ether oxygens (including phenoxy) is 3. The highest BCUT2D eigenvalue weighted by Crippen LogP contribution is 2.30. The lowest BCUT2D eigenvalue weighted by molar-refractivity contribution is -0.135. The van der Waals surface area contributed by atoms with Crippen LogP contribution in [0, 0.1) is 0 Å². The summed E-state index contributed by atoms with van der Waals surface area (Å²) in [6.07, 6.45) is 4.09. The highest BCUT2D eigenvalue weighted by molar-refractivity contribution is 5.82. The van der Waals surface area contributed by atoms with Crippen molar-refractivity contribution in [2.75, 3.05) is 33.9 Å². The minimum Gasteiger partial charge on any atom is -0.493 e. The van der Waals surface area contributed by atoms with E-state index in [9.17, 15) is 9.59 Å². The molecular formula is C21H27N3O5. The summed E-state index contributed by atoms with van der Waals surface area (Å²) < 4.78 is 18.0. The first-order valence-corrected chi connectivity index (χ1v) is 10.2. The van der Waals surface area contributed by atoms with Crippen molar-refractivity contribution in [3.8, 4) is 11.5 Å². The fraction of sp³-hybridized carbons (Fsp3) is 0.571. The van der Waals surface area contributed by atoms with Crippen molar-refractivity contribution >= 4 is 16.8 Å². The zero-order valence-electron chi connectivity index (χ0n) is 17.0. The van der Waals surface area contributed by atoms with Crippen LogP contribution in [0.1, 0.15) is 31.5 Å². The van der Waals surface area contributed by atoms with Crippen molar-refractivity contribution in [2.45, 2.75) is 44.8 Å². The number of amides is 1. The molecule has 0 aliphatic carbocycles. The van der Waals surface area contributed by atoms with Crippen molar-refractivity contribution in [1.82, 2.24) is 14.5 Å². The Morgan fingerprint density at radius 1 is 1.17 bits per heavy atom. The first kappa shape index (κ1) is 19.7. The molecule has 2 aliphatic heterocycles. The SMILES string of the molecule is COc1cc2nc3n(c(=O)c2cc1OC)CCN(C(=O)C[C@H]1CCCCO1)CC3. The predicted octanol–water partition coefficient (Wildman–Crippen LogP) is 1.76. The summed E-state index contributed by atoms with van der Waals surface area (Å²) in [6, 6.07) is 3.40. The van der Waals surface area contributed by atoms with Crippen molar-refractivity contribution < 1.29 is 19.0 Å². The Hall–Kier alpha value is -2.61. The van der Waals surface area contributed by atoms with Gasteiger partial charge in [-0.3, -0.25) is 14.2 Å². The number of nitrogens with zero attached hydrogens (tertiary/aromatic N) is 3. The van der Waals surface area contributed by atoms with E-state index in [1.54, 1.807) is 23.8 Å². The monoisotopic (exact) mass is 401 g/mol. The van der Waals surface area contributed by atoms with Gasteiger partial charge in [0.1, 0.15) is 5.82 Å². The van der Waals surface area contributed by atoms with E-state index in [-0.39, 0.29) is 17.6 Å². The molecule has 1 aromatic carbocycles. The molecule has 156 valence electrons. The third-order valence-electron chi connectivity index (χ3n) is 5.77. The standard InChI is InChI=1S/C21H27N3O5/c1-27-17-12-15-16(13-18(17)28-2)22-19-6-7-23(8-9-24(19)21(15)26)20(25)11-14-5-3-4-10-29-14/h12-14H,3-11H2,1-2H3/t14-/m1/s1. The summed E-state index contributed by atoms with van der Waals surface area (Å²) >= 11 is 0. The fourth-order valence-electron chi connectivity index (χ4n) is 4.12. The molecule has 4 rings (SSSR count). The Morgan fingerprint density at radius 2 is 1.97 bits per heavy atom. The van der Waals surface area contributed by atoms with Crippen molar-refractivity contribution in [2.24, 2.45) is 0 Å². The molecule has 0 N–H and O–H groups in total. The molecule has 1 amide bonds. The summed E-state index contributed by atoms with van der Waals surface area (Å²) in [7, 11) is 3.09. The van der Waals surface area contributed by atoms with E-state index in [1.807, 2.05) is 4.90 Å². The lowest BCUT2D eigenvalue weighted by atomic mass is 10.1. The third kappa shape index (κ3) is 3.94. The topological polar surface area (TPSA) is 82.9 Å². The molecule has 0 radical (unpaired) electrons. The van der Waals surface area contributed by atoms with E-state index in [2.05, 4.69) is 0 Å². The van der Waals surface area contributed by atoms with Crippen LogP contribution < -0.4 is 15.0 Å². The van der Waals surface area contributed by atoms with Gasteiger partial charge in [-0.2, -0.15) is 0 Å². The average Bonchev–Trinajstić information content (AvgIpc) is 2.96. The maximum absolute atomic E-state index is 13.1. The van der Waals surface area contributed by atoms with E-state index < -0.39 is 0 Å². The summed E-state index contributed by atoms with van der Waals surface area (Å²) in [6.45, 7) is 2.22. The van der Waals surface area contributed by atoms with Gasteiger partial charge >= 0.3 is 0 Å². The lowest BCUT2D eigenvalue weighted by Crippen LogP contribution is -2.37. The number of fused-ring (bicyclic) bond motifs is 2. The van der Waals surface area contributed by atoms with Gasteiger partial charge in [-0.25, -0.2) is 4.98 Å². The van der Waals surface area contributed by atoms with Crippen LogP contribution in [0.15, 0.2) is 16.9 Å². The zero-order chi connectivity index (χ0) is 20.4. The van der Waals surface area contributed by atoms with Gasteiger partial charge in [0.15, 0.2) is 11.5 Å². The smallest absolute Gasteiger partial charge is 0.261 e. The number of aromatic nitrogens is 2. The van der Waals surface area contributed by atoms with Gasteiger partial charge in [0.25, 0.3) is 5.56 Å². The number of carbonyl (C=O) groups excluding carboxylic acids is 1. The maximum Gasteiger partial charge on any atom is 0.261 e. The molecule has 1 fully saturated rings. The van der Waals surface area contributed by atoms with Crippen molar-refractivity contribution in [1.29, 1.82) is 0 Å². The Labute approximate surface area is 169 Å². The lowest BCUT2D eigenvalue weighted by Gasteiger charge is -2.26. The Balaban J connectivity index is 1.57. The molecule has 8 heteroatoms. The van der Waals surface area contributed by atoms with Gasteiger partial charge in [0.05, 0.1) is 37.6 Å². The Kier molecular flexibility index (Phi) is 5.71. The minimum absolute atomic E-state index is 0.0187. The molecule has 1 aromatic heterocycles. The molecule has 8 nitrogen and oxygen atoms in total. The highest BCUT2D eigenvalue weighted by Gasteiger charge is 2.25. The largest absolute Gasteiger partial charge is 0.493 e. The molecule has 0 unspecified atom stereocenters. The normalized spacial score (nSPS) is 19.5. The highest BCUT2D eigenvalue weighted by atomic mass is 16.5. The van der Waals surface area contributed by atoms with E-state index in [1.165, 1.54) is 7.11 Å². The Morgan fingerprint density at radius 3 is 2.69 bits per heavy atom. The van der Waals surface area contributed by atoms with Crippen LogP contribution in [-0.4, -0.2) is 60.4 Å². The van der Waals surface area contributed by atoms with Gasteiger partial charge in [-0.15, -0.1) is 0 Å². The number of methoxy groups -OCH3 is 2. The fourth-order valence-corrected chi connectivity index (χ4v) is 4.12. The number of benzene rings is 1. The van der Waals surface area contributed by atoms with Crippen LogP contribution in [0.25, 0.3) is 10.9 Å². The van der Waals surface area contributed by atoms with E-state index in [0.29, 0.717) is 60.7 Å². The second-order valence-corrected chi connectivity index (χ2v) is 7.53. The summed E-state index contributed by atoms with van der Waals surface area (Å²) in [5.74, 6) is 1.82. The molecule has 29 heavy (non-hydrogen) atoms. The molecule has 3 heterocycles. The predicted molar refractivity (Wildman–Crippen MR) is 108 cm³/mol. The number of rotatable bonds is 4. The van der Waals surface area contributed by atoms with Crippen molar-refractivity contribution in [3.05, 3.63) is 28.3 Å². The molecular weight excluding hydrogens is 374 g/mol. The van der Waals surface area contributed by atoms with Crippen LogP contribution in [0.5, 0.6) is 11.5 Å². The number of hydrogen-bond acceptors (Lipinski definition) is 6. The van der Waals surface area contributed by atoms with Crippen LogP contribution in [0.4, 0.5) is 0 Å². The minimum atomic E-state index is -0.115. The van der Waals surface area contributed by atoms with Gasteiger partial charge in [0.2, 0.25) is 5.91 Å². The summed E-state index contributed by atoms with van der Waals surface area (Å²) in [4.78, 5) is 32.4. The molecule has 0 saturated carbocycles. The van der Waals surface area contributed by atoms with Crippen molar-refractivity contribution in [3.63, 3.8) is 0 Å². The van der Waals surface area contributed by atoms with E-state index in [4.69, 9.17) is 19.2 Å². The maximum atomic E-state index is 13.1. The average molecular weight is 401 g/mol. The van der Waals surface area contributed by atoms with Crippen LogP contribution in [-0.2, 0) is 22.5 Å². The van der Waals surface area contributed by atoms with E-state index >= 15 is 0 Å². The molecule has 1 atom stereocenters.